The summed E-state index contributed by atoms with van der Waals surface area (Å²) < 4.78 is 47.5. The van der Waals surface area contributed by atoms with Crippen molar-refractivity contribution in [2.45, 2.75) is 21.1 Å². The summed E-state index contributed by atoms with van der Waals surface area (Å²) in [6.07, 6.45) is 0. The number of carboxylic acid groups (broad SMARTS) is 1. The van der Waals surface area contributed by atoms with Gasteiger partial charge >= 0.3 is 5.97 Å². The van der Waals surface area contributed by atoms with Crippen molar-refractivity contribution in [3.8, 4) is 16.9 Å². The zero-order chi connectivity index (χ0) is 26.4. The third kappa shape index (κ3) is 6.56. The second kappa shape index (κ2) is 11.6. The van der Waals surface area contributed by atoms with Crippen LogP contribution in [-0.2, 0) is 14.8 Å². The molecule has 37 heavy (non-hydrogen) atoms. The third-order valence-electron chi connectivity index (χ3n) is 5.64. The molecule has 4 aromatic rings. The summed E-state index contributed by atoms with van der Waals surface area (Å²) in [5, 5.41) is 9.24. The average molecular weight is 538 g/mol. The molecule has 190 valence electrons. The first kappa shape index (κ1) is 26.4. The molecule has 0 aliphatic heterocycles. The Bertz CT molecular complexity index is 1440. The van der Waals surface area contributed by atoms with Gasteiger partial charge in [-0.25, -0.2) is 12.8 Å². The van der Waals surface area contributed by atoms with Crippen LogP contribution >= 0.6 is 11.8 Å². The maximum absolute atomic E-state index is 13.4. The molecule has 4 aromatic carbocycles. The van der Waals surface area contributed by atoms with Crippen molar-refractivity contribution >= 4 is 27.8 Å². The van der Waals surface area contributed by atoms with Gasteiger partial charge in [-0.3, -0.25) is 4.79 Å². The predicted molar refractivity (Wildman–Crippen MR) is 142 cm³/mol. The zero-order valence-electron chi connectivity index (χ0n) is 19.7. The van der Waals surface area contributed by atoms with Gasteiger partial charge in [0.05, 0.1) is 17.3 Å². The molecule has 0 radical (unpaired) electrons. The Morgan fingerprint density at radius 2 is 1.43 bits per heavy atom. The van der Waals surface area contributed by atoms with Crippen LogP contribution in [0.15, 0.2) is 113 Å². The van der Waals surface area contributed by atoms with Crippen LogP contribution in [0.3, 0.4) is 0 Å². The standard InChI is InChI=1S/C28H24FNO5S2/c1-35-23-13-7-19(8-14-23)20-9-17-25(18-10-20)37(33,34)30-26(28(31)32)27(21-5-3-2-4-6-21)36-24-15-11-22(29)12-16-24/h2-18,26-27,30H,1H3,(H,31,32)/t26-,27-/m1/s1. The van der Waals surface area contributed by atoms with Crippen LogP contribution in [0.1, 0.15) is 10.8 Å². The molecular formula is C28H24FNO5S2. The summed E-state index contributed by atoms with van der Waals surface area (Å²) in [7, 11) is -2.61. The fourth-order valence-corrected chi connectivity index (χ4v) is 6.21. The fourth-order valence-electron chi connectivity index (χ4n) is 3.72. The molecule has 2 N–H and O–H groups in total. The van der Waals surface area contributed by atoms with E-state index in [1.807, 2.05) is 24.3 Å². The Hall–Kier alpha value is -3.66. The van der Waals surface area contributed by atoms with E-state index in [1.165, 1.54) is 36.4 Å². The molecule has 9 heteroatoms. The van der Waals surface area contributed by atoms with Gasteiger partial charge < -0.3 is 9.84 Å². The van der Waals surface area contributed by atoms with E-state index in [0.29, 0.717) is 16.2 Å². The van der Waals surface area contributed by atoms with Crippen LogP contribution in [0.4, 0.5) is 4.39 Å². The van der Waals surface area contributed by atoms with Gasteiger partial charge in [0.1, 0.15) is 17.6 Å². The maximum atomic E-state index is 13.4. The molecule has 6 nitrogen and oxygen atoms in total. The number of hydrogen-bond donors (Lipinski definition) is 2. The molecule has 2 atom stereocenters. The summed E-state index contributed by atoms with van der Waals surface area (Å²) in [5.74, 6) is -1.05. The monoisotopic (exact) mass is 537 g/mol. The fraction of sp³-hybridized carbons (Fsp3) is 0.107. The average Bonchev–Trinajstić information content (AvgIpc) is 2.92. The molecular weight excluding hydrogens is 513 g/mol. The van der Waals surface area contributed by atoms with Crippen molar-refractivity contribution in [1.29, 1.82) is 0 Å². The van der Waals surface area contributed by atoms with Crippen LogP contribution in [0.25, 0.3) is 11.1 Å². The topological polar surface area (TPSA) is 92.7 Å². The molecule has 0 saturated carbocycles. The van der Waals surface area contributed by atoms with Crippen LogP contribution in [0, 0.1) is 5.82 Å². The summed E-state index contributed by atoms with van der Waals surface area (Å²) in [6.45, 7) is 0. The number of aliphatic carboxylic acids is 1. The van der Waals surface area contributed by atoms with E-state index in [9.17, 15) is 22.7 Å². The van der Waals surface area contributed by atoms with Crippen molar-refractivity contribution in [3.05, 3.63) is 115 Å². The lowest BCUT2D eigenvalue weighted by atomic mass is 10.1. The van der Waals surface area contributed by atoms with Crippen molar-refractivity contribution in [2.75, 3.05) is 7.11 Å². The summed E-state index contributed by atoms with van der Waals surface area (Å²) in [4.78, 5) is 12.9. The first-order valence-electron chi connectivity index (χ1n) is 11.2. The number of halogens is 1. The van der Waals surface area contributed by atoms with Crippen LogP contribution in [0.5, 0.6) is 5.75 Å². The highest BCUT2D eigenvalue weighted by Crippen LogP contribution is 2.38. The molecule has 4 rings (SSSR count). The highest BCUT2D eigenvalue weighted by atomic mass is 32.2. The Kier molecular flexibility index (Phi) is 8.27. The Morgan fingerprint density at radius 1 is 0.865 bits per heavy atom. The number of ether oxygens (including phenoxy) is 1. The van der Waals surface area contributed by atoms with E-state index in [-0.39, 0.29) is 4.90 Å². The van der Waals surface area contributed by atoms with E-state index >= 15 is 0 Å². The van der Waals surface area contributed by atoms with Gasteiger partial charge in [-0.15, -0.1) is 11.8 Å². The number of carboxylic acids is 1. The zero-order valence-corrected chi connectivity index (χ0v) is 21.4. The van der Waals surface area contributed by atoms with E-state index in [0.717, 1.165) is 22.9 Å². The normalized spacial score (nSPS) is 13.0. The number of rotatable bonds is 10. The number of sulfonamides is 1. The van der Waals surface area contributed by atoms with Gasteiger partial charge in [0.15, 0.2) is 0 Å². The number of methoxy groups -OCH3 is 1. The smallest absolute Gasteiger partial charge is 0.323 e. The minimum atomic E-state index is -4.19. The quantitative estimate of drug-likeness (QED) is 0.250. The second-order valence-electron chi connectivity index (χ2n) is 8.09. The van der Waals surface area contributed by atoms with Gasteiger partial charge in [0.2, 0.25) is 10.0 Å². The number of benzene rings is 4. The van der Waals surface area contributed by atoms with E-state index in [4.69, 9.17) is 4.74 Å². The van der Waals surface area contributed by atoms with Crippen LogP contribution in [0.2, 0.25) is 0 Å². The maximum Gasteiger partial charge on any atom is 0.323 e. The number of nitrogens with one attached hydrogen (secondary N) is 1. The lowest BCUT2D eigenvalue weighted by Gasteiger charge is -2.25. The van der Waals surface area contributed by atoms with Gasteiger partial charge in [-0.1, -0.05) is 54.6 Å². The summed E-state index contributed by atoms with van der Waals surface area (Å²) >= 11 is 1.14. The Morgan fingerprint density at radius 3 is 1.97 bits per heavy atom. The van der Waals surface area contributed by atoms with Gasteiger partial charge in [-0.2, -0.15) is 4.72 Å². The molecule has 0 bridgehead atoms. The Balaban J connectivity index is 1.62. The van der Waals surface area contributed by atoms with Crippen molar-refractivity contribution in [1.82, 2.24) is 4.72 Å². The molecule has 0 spiro atoms. The van der Waals surface area contributed by atoms with Gasteiger partial charge in [0.25, 0.3) is 0 Å². The summed E-state index contributed by atoms with van der Waals surface area (Å²) in [6, 6.07) is 26.4. The highest BCUT2D eigenvalue weighted by molar-refractivity contribution is 7.99. The number of thioether (sulfide) groups is 1. The van der Waals surface area contributed by atoms with Crippen molar-refractivity contribution in [3.63, 3.8) is 0 Å². The van der Waals surface area contributed by atoms with Gasteiger partial charge in [0, 0.05) is 4.90 Å². The minimum absolute atomic E-state index is 0.0606. The molecule has 0 amide bonds. The first-order chi connectivity index (χ1) is 17.8. The number of carbonyl (C=O) groups is 1. The highest BCUT2D eigenvalue weighted by Gasteiger charge is 2.34. The van der Waals surface area contributed by atoms with E-state index in [1.54, 1.807) is 49.6 Å². The lowest BCUT2D eigenvalue weighted by Crippen LogP contribution is -2.44. The molecule has 0 aromatic heterocycles. The molecule has 0 aliphatic carbocycles. The molecule has 0 fully saturated rings. The number of hydrogen-bond acceptors (Lipinski definition) is 5. The SMILES string of the molecule is COc1ccc(-c2ccc(S(=O)(=O)N[C@@H](C(=O)O)[C@H](Sc3ccc(F)cc3)c3ccccc3)cc2)cc1. The van der Waals surface area contributed by atoms with Crippen LogP contribution < -0.4 is 9.46 Å². The van der Waals surface area contributed by atoms with E-state index < -0.39 is 33.1 Å². The van der Waals surface area contributed by atoms with Crippen molar-refractivity contribution < 1.29 is 27.4 Å². The molecule has 0 heterocycles. The van der Waals surface area contributed by atoms with Crippen molar-refractivity contribution in [2.24, 2.45) is 0 Å². The third-order valence-corrected chi connectivity index (χ3v) is 8.44. The molecule has 0 saturated heterocycles. The molecule has 0 aliphatic rings. The lowest BCUT2D eigenvalue weighted by molar-refractivity contribution is -0.139. The van der Waals surface area contributed by atoms with Crippen LogP contribution in [-0.4, -0.2) is 32.6 Å². The predicted octanol–water partition coefficient (Wildman–Crippen LogP) is 5.77. The second-order valence-corrected chi connectivity index (χ2v) is 11.0. The minimum Gasteiger partial charge on any atom is -0.497 e. The summed E-state index contributed by atoms with van der Waals surface area (Å²) in [5.41, 5.74) is 2.29. The van der Waals surface area contributed by atoms with Gasteiger partial charge in [-0.05, 0) is 65.2 Å². The van der Waals surface area contributed by atoms with E-state index in [2.05, 4.69) is 4.72 Å². The largest absolute Gasteiger partial charge is 0.497 e. The first-order valence-corrected chi connectivity index (χ1v) is 13.6. The Labute approximate surface area is 219 Å². The molecule has 0 unspecified atom stereocenters.